The minimum atomic E-state index is -4.41. The van der Waals surface area contributed by atoms with Gasteiger partial charge in [0.15, 0.2) is 26.9 Å². The van der Waals surface area contributed by atoms with Crippen molar-refractivity contribution in [2.45, 2.75) is 54.2 Å². The number of aryl methyl sites for hydroxylation is 2. The summed E-state index contributed by atoms with van der Waals surface area (Å²) in [6, 6.07) is 29.4. The van der Waals surface area contributed by atoms with Crippen LogP contribution < -0.4 is 4.74 Å². The van der Waals surface area contributed by atoms with Crippen LogP contribution >= 0.6 is 0 Å². The minimum absolute atomic E-state index is 0.310. The molecule has 4 rings (SSSR count). The maximum atomic E-state index is 12.8. The smallest absolute Gasteiger partial charge is 0.416 e. The van der Waals surface area contributed by atoms with Gasteiger partial charge in [-0.3, -0.25) is 0 Å². The first-order valence-corrected chi connectivity index (χ1v) is 14.2. The second kappa shape index (κ2) is 12.6. The monoisotopic (exact) mass is 575 g/mol. The minimum Gasteiger partial charge on any atom is -0.481 e. The maximum absolute atomic E-state index is 12.8. The van der Waals surface area contributed by atoms with Gasteiger partial charge >= 0.3 is 12.1 Å². The van der Waals surface area contributed by atoms with Crippen LogP contribution in [-0.2, 0) is 26.6 Å². The third kappa shape index (κ3) is 7.96. The first-order chi connectivity index (χ1) is 19.4. The van der Waals surface area contributed by atoms with Crippen LogP contribution in [0.1, 0.15) is 36.1 Å². The van der Waals surface area contributed by atoms with E-state index >= 15 is 0 Å². The summed E-state index contributed by atoms with van der Waals surface area (Å²) >= 11 is 0. The molecule has 0 saturated carbocycles. The number of benzene rings is 4. The standard InChI is InChI=1S/C34H30F3O3S/c1-24-21-30(41(28-11-7-5-8-12-28)29-13-9-6-10-14-29)22-25(2)32(24)39-23-31(38)40-33(3,4)20-19-26-15-17-27(18-16-26)34(35,36)37/h5-18,21-22H,23H2,1-4H3/q+1. The van der Waals surface area contributed by atoms with Crippen LogP contribution in [0.2, 0.25) is 0 Å². The van der Waals surface area contributed by atoms with Crippen LogP contribution in [0.4, 0.5) is 13.2 Å². The molecule has 7 heteroatoms. The Labute approximate surface area is 241 Å². The SMILES string of the molecule is Cc1cc([S+](c2ccccc2)c2ccccc2)cc(C)c1OCC(=O)OC(C)(C)C#Cc1ccc(C(F)(F)F)cc1. The molecular weight excluding hydrogens is 545 g/mol. The summed E-state index contributed by atoms with van der Waals surface area (Å²) in [6.45, 7) is 6.82. The summed E-state index contributed by atoms with van der Waals surface area (Å²) in [4.78, 5) is 16.2. The topological polar surface area (TPSA) is 35.5 Å². The van der Waals surface area contributed by atoms with E-state index in [1.807, 2.05) is 50.2 Å². The molecule has 0 aromatic heterocycles. The Kier molecular flexibility index (Phi) is 9.14. The number of hydrogen-bond donors (Lipinski definition) is 0. The summed E-state index contributed by atoms with van der Waals surface area (Å²) in [6.07, 6.45) is -4.41. The van der Waals surface area contributed by atoms with Crippen molar-refractivity contribution in [3.63, 3.8) is 0 Å². The third-order valence-corrected chi connectivity index (χ3v) is 8.25. The first kappa shape index (κ1) is 29.8. The second-order valence-corrected chi connectivity index (χ2v) is 11.9. The summed E-state index contributed by atoms with van der Waals surface area (Å²) in [5, 5.41) is 0. The highest BCUT2D eigenvalue weighted by molar-refractivity contribution is 7.97. The molecule has 41 heavy (non-hydrogen) atoms. The molecule has 0 radical (unpaired) electrons. The molecule has 3 nitrogen and oxygen atoms in total. The average molecular weight is 576 g/mol. The number of ether oxygens (including phenoxy) is 2. The zero-order valence-electron chi connectivity index (χ0n) is 23.2. The van der Waals surface area contributed by atoms with Gasteiger partial charge in [-0.1, -0.05) is 48.2 Å². The van der Waals surface area contributed by atoms with Crippen molar-refractivity contribution in [1.82, 2.24) is 0 Å². The van der Waals surface area contributed by atoms with Crippen LogP contribution in [0.5, 0.6) is 5.75 Å². The lowest BCUT2D eigenvalue weighted by atomic mass is 10.1. The fraction of sp³-hybridized carbons (Fsp3) is 0.206. The highest BCUT2D eigenvalue weighted by atomic mass is 32.2. The van der Waals surface area contributed by atoms with Gasteiger partial charge in [-0.25, -0.2) is 4.79 Å². The first-order valence-electron chi connectivity index (χ1n) is 12.9. The average Bonchev–Trinajstić information content (AvgIpc) is 2.92. The van der Waals surface area contributed by atoms with Crippen molar-refractivity contribution in [1.29, 1.82) is 0 Å². The van der Waals surface area contributed by atoms with Crippen LogP contribution in [0.15, 0.2) is 112 Å². The van der Waals surface area contributed by atoms with Crippen molar-refractivity contribution in [3.05, 3.63) is 119 Å². The van der Waals surface area contributed by atoms with Gasteiger partial charge in [-0.05, 0) is 87.4 Å². The molecule has 210 valence electrons. The molecule has 0 saturated heterocycles. The molecule has 0 bridgehead atoms. The predicted octanol–water partition coefficient (Wildman–Crippen LogP) is 8.17. The lowest BCUT2D eigenvalue weighted by Gasteiger charge is -2.20. The number of esters is 1. The van der Waals surface area contributed by atoms with Gasteiger partial charge < -0.3 is 9.47 Å². The van der Waals surface area contributed by atoms with Crippen molar-refractivity contribution in [3.8, 4) is 17.6 Å². The van der Waals surface area contributed by atoms with Crippen LogP contribution in [0.3, 0.4) is 0 Å². The molecule has 0 spiro atoms. The molecule has 0 fully saturated rings. The Morgan fingerprint density at radius 2 is 1.29 bits per heavy atom. The van der Waals surface area contributed by atoms with Gasteiger partial charge in [-0.15, -0.1) is 0 Å². The molecule has 0 amide bonds. The maximum Gasteiger partial charge on any atom is 0.416 e. The van der Waals surface area contributed by atoms with Crippen molar-refractivity contribution in [2.75, 3.05) is 6.61 Å². The molecule has 0 N–H and O–H groups in total. The molecule has 0 atom stereocenters. The Morgan fingerprint density at radius 1 is 0.780 bits per heavy atom. The Balaban J connectivity index is 1.45. The van der Waals surface area contributed by atoms with E-state index in [1.54, 1.807) is 13.8 Å². The van der Waals surface area contributed by atoms with Gasteiger partial charge in [0.05, 0.1) is 16.5 Å². The predicted molar refractivity (Wildman–Crippen MR) is 155 cm³/mol. The lowest BCUT2D eigenvalue weighted by molar-refractivity contribution is -0.154. The van der Waals surface area contributed by atoms with Gasteiger partial charge in [0.2, 0.25) is 0 Å². The van der Waals surface area contributed by atoms with Crippen LogP contribution in [-0.4, -0.2) is 18.2 Å². The van der Waals surface area contributed by atoms with Gasteiger partial charge in [0.25, 0.3) is 0 Å². The number of halogens is 3. The second-order valence-electron chi connectivity index (χ2n) is 9.92. The van der Waals surface area contributed by atoms with E-state index < -0.39 is 23.3 Å². The normalized spacial score (nSPS) is 11.5. The van der Waals surface area contributed by atoms with Crippen molar-refractivity contribution in [2.24, 2.45) is 0 Å². The number of hydrogen-bond acceptors (Lipinski definition) is 3. The molecule has 4 aromatic carbocycles. The molecule has 0 aliphatic carbocycles. The van der Waals surface area contributed by atoms with Crippen molar-refractivity contribution >= 4 is 16.9 Å². The number of carbonyl (C=O) groups is 1. The van der Waals surface area contributed by atoms with Crippen LogP contribution in [0.25, 0.3) is 0 Å². The third-order valence-electron chi connectivity index (χ3n) is 6.05. The Hall–Kier alpha value is -4.15. The summed E-state index contributed by atoms with van der Waals surface area (Å²) < 4.78 is 49.7. The van der Waals surface area contributed by atoms with E-state index in [2.05, 4.69) is 48.2 Å². The molecule has 0 unspecified atom stereocenters. The van der Waals surface area contributed by atoms with E-state index in [0.717, 1.165) is 28.2 Å². The number of alkyl halides is 3. The highest BCUT2D eigenvalue weighted by Crippen LogP contribution is 2.35. The summed E-state index contributed by atoms with van der Waals surface area (Å²) in [5.41, 5.74) is 0.268. The zero-order chi connectivity index (χ0) is 29.6. The molecule has 0 heterocycles. The number of rotatable bonds is 7. The Bertz CT molecular complexity index is 1490. The highest BCUT2D eigenvalue weighted by Gasteiger charge is 2.31. The van der Waals surface area contributed by atoms with E-state index in [9.17, 15) is 18.0 Å². The largest absolute Gasteiger partial charge is 0.481 e. The quantitative estimate of drug-likeness (QED) is 0.127. The van der Waals surface area contributed by atoms with Gasteiger partial charge in [-0.2, -0.15) is 13.2 Å². The van der Waals surface area contributed by atoms with Crippen molar-refractivity contribution < 1.29 is 27.4 Å². The molecule has 0 aliphatic heterocycles. The summed E-state index contributed by atoms with van der Waals surface area (Å²) in [5.74, 6) is 5.59. The number of carbonyl (C=O) groups excluding carboxylic acids is 1. The Morgan fingerprint density at radius 3 is 1.78 bits per heavy atom. The lowest BCUT2D eigenvalue weighted by Crippen LogP contribution is -2.29. The van der Waals surface area contributed by atoms with Crippen LogP contribution in [0, 0.1) is 25.7 Å². The molecular formula is C34H30F3O3S+. The fourth-order valence-corrected chi connectivity index (χ4v) is 6.48. The van der Waals surface area contributed by atoms with Gasteiger partial charge in [0, 0.05) is 17.7 Å². The van der Waals surface area contributed by atoms with E-state index in [0.29, 0.717) is 11.3 Å². The van der Waals surface area contributed by atoms with E-state index in [-0.39, 0.29) is 17.5 Å². The van der Waals surface area contributed by atoms with E-state index in [4.69, 9.17) is 9.47 Å². The summed E-state index contributed by atoms with van der Waals surface area (Å²) in [7, 11) is -0.312. The zero-order valence-corrected chi connectivity index (χ0v) is 24.0. The molecule has 0 aliphatic rings. The fourth-order valence-electron chi connectivity index (χ4n) is 4.21. The molecule has 4 aromatic rings. The van der Waals surface area contributed by atoms with E-state index in [1.165, 1.54) is 21.9 Å². The van der Waals surface area contributed by atoms with Gasteiger partial charge in [0.1, 0.15) is 5.75 Å².